The molecule has 1 unspecified atom stereocenters. The number of carbonyl (C=O) groups excluding carboxylic acids is 7. The Morgan fingerprint density at radius 3 is 2.51 bits per heavy atom. The molecule has 2 atom stereocenters. The standard InChI is InChI=1S/C47H54F2N10O9/c1-55-35-23-50-46(54-40(35)58(30-7-3-4-8-30)26-47(48,49)45(55)66)52-33-12-10-27(22-36(33)67-2)41(62)51-29-16-18-57(19-17-29)38(61)15-11-31-25-56(20-21-68-31)24-28-6-5-9-32-39(28)44(65)59(43(32)64)34-13-14-37(60)53-42(34)63/h5-6,9-10,12,22-23,29-31,34H,3-4,7-8,11,13-21,24-26H2,1-2H3,(H,51,62)(H,50,52,54)(H,53,60,63)/t31-,34?/m0/s1. The molecule has 0 radical (unpaired) electrons. The molecule has 68 heavy (non-hydrogen) atoms. The smallest absolute Gasteiger partial charge is 0.342 e. The van der Waals surface area contributed by atoms with E-state index in [2.05, 4.69) is 30.8 Å². The van der Waals surface area contributed by atoms with Gasteiger partial charge in [-0.3, -0.25) is 48.7 Å². The van der Waals surface area contributed by atoms with Gasteiger partial charge in [0, 0.05) is 70.3 Å². The van der Waals surface area contributed by atoms with Gasteiger partial charge in [-0.15, -0.1) is 0 Å². The number of piperidine rings is 2. The second kappa shape index (κ2) is 19.2. The number of nitrogens with zero attached hydrogens (tertiary/aromatic N) is 7. The average Bonchev–Trinajstić information content (AvgIpc) is 3.95. The number of hydrogen-bond acceptors (Lipinski definition) is 14. The van der Waals surface area contributed by atoms with Crippen LogP contribution in [0.4, 0.5) is 31.9 Å². The minimum Gasteiger partial charge on any atom is -0.495 e. The van der Waals surface area contributed by atoms with E-state index in [1.165, 1.54) is 25.3 Å². The molecule has 0 spiro atoms. The molecule has 9 rings (SSSR count). The van der Waals surface area contributed by atoms with Crippen LogP contribution in [-0.4, -0.2) is 150 Å². The maximum atomic E-state index is 15.1. The minimum atomic E-state index is -3.60. The number of morpholine rings is 1. The Bertz CT molecular complexity index is 2530. The summed E-state index contributed by atoms with van der Waals surface area (Å²) in [7, 11) is 2.75. The predicted molar refractivity (Wildman–Crippen MR) is 241 cm³/mol. The maximum absolute atomic E-state index is 15.1. The molecule has 3 N–H and O–H groups in total. The predicted octanol–water partition coefficient (Wildman–Crippen LogP) is 3.39. The van der Waals surface area contributed by atoms with Crippen molar-refractivity contribution in [2.45, 2.75) is 101 Å². The van der Waals surface area contributed by atoms with Gasteiger partial charge in [0.2, 0.25) is 23.7 Å². The first-order chi connectivity index (χ1) is 32.7. The highest BCUT2D eigenvalue weighted by Gasteiger charge is 2.49. The number of carbonyl (C=O) groups is 7. The summed E-state index contributed by atoms with van der Waals surface area (Å²) in [6.07, 6.45) is 6.34. The van der Waals surface area contributed by atoms with Crippen LogP contribution in [0.5, 0.6) is 5.75 Å². The van der Waals surface area contributed by atoms with Gasteiger partial charge in [0.1, 0.15) is 17.5 Å². The monoisotopic (exact) mass is 940 g/mol. The number of methoxy groups -OCH3 is 1. The Kier molecular flexibility index (Phi) is 13.1. The summed E-state index contributed by atoms with van der Waals surface area (Å²) in [5, 5.41) is 8.40. The number of amides is 7. The molecule has 360 valence electrons. The van der Waals surface area contributed by atoms with Crippen molar-refractivity contribution in [3.8, 4) is 5.75 Å². The van der Waals surface area contributed by atoms with Gasteiger partial charge in [0.15, 0.2) is 5.82 Å². The highest BCUT2D eigenvalue weighted by molar-refractivity contribution is 6.24. The van der Waals surface area contributed by atoms with Crippen molar-refractivity contribution in [2.24, 2.45) is 0 Å². The Hall–Kier alpha value is -6.61. The number of halogens is 2. The number of benzene rings is 2. The Labute approximate surface area is 390 Å². The van der Waals surface area contributed by atoms with E-state index in [0.29, 0.717) is 94.0 Å². The van der Waals surface area contributed by atoms with E-state index in [1.54, 1.807) is 41.3 Å². The van der Waals surface area contributed by atoms with E-state index in [0.717, 1.165) is 22.6 Å². The molecule has 4 fully saturated rings. The van der Waals surface area contributed by atoms with Crippen LogP contribution in [0.1, 0.15) is 101 Å². The summed E-state index contributed by atoms with van der Waals surface area (Å²) < 4.78 is 41.8. The quantitative estimate of drug-likeness (QED) is 0.222. The first-order valence-corrected chi connectivity index (χ1v) is 23.2. The lowest BCUT2D eigenvalue weighted by Crippen LogP contribution is -2.54. The number of nitrogens with one attached hydrogen (secondary N) is 3. The van der Waals surface area contributed by atoms with Crippen LogP contribution in [-0.2, 0) is 30.5 Å². The highest BCUT2D eigenvalue weighted by atomic mass is 19.3. The second-order valence-corrected chi connectivity index (χ2v) is 18.3. The van der Waals surface area contributed by atoms with Crippen LogP contribution in [0.3, 0.4) is 0 Å². The van der Waals surface area contributed by atoms with E-state index in [4.69, 9.17) is 9.47 Å². The lowest BCUT2D eigenvalue weighted by atomic mass is 10.0. The maximum Gasteiger partial charge on any atom is 0.342 e. The molecule has 21 heteroatoms. The van der Waals surface area contributed by atoms with Crippen LogP contribution in [0, 0.1) is 0 Å². The molecule has 6 heterocycles. The molecule has 7 amide bonds. The minimum absolute atomic E-state index is 0.00925. The molecule has 1 aliphatic carbocycles. The van der Waals surface area contributed by atoms with Crippen molar-refractivity contribution < 1.29 is 51.8 Å². The van der Waals surface area contributed by atoms with Crippen molar-refractivity contribution in [3.05, 3.63) is 64.8 Å². The van der Waals surface area contributed by atoms with Gasteiger partial charge in [-0.25, -0.2) is 4.98 Å². The van der Waals surface area contributed by atoms with Crippen molar-refractivity contribution in [1.29, 1.82) is 0 Å². The molecule has 19 nitrogen and oxygen atoms in total. The highest BCUT2D eigenvalue weighted by Crippen LogP contribution is 2.40. The van der Waals surface area contributed by atoms with Gasteiger partial charge in [-0.05, 0) is 68.4 Å². The number of imide groups is 2. The lowest BCUT2D eigenvalue weighted by molar-refractivity contribution is -0.140. The largest absolute Gasteiger partial charge is 0.495 e. The first kappa shape index (κ1) is 46.5. The Morgan fingerprint density at radius 2 is 1.76 bits per heavy atom. The summed E-state index contributed by atoms with van der Waals surface area (Å²) in [4.78, 5) is 107. The third-order valence-electron chi connectivity index (χ3n) is 13.9. The Morgan fingerprint density at radius 1 is 0.985 bits per heavy atom. The van der Waals surface area contributed by atoms with E-state index in [-0.39, 0.29) is 77.8 Å². The number of likely N-dealkylation sites (tertiary alicyclic amines) is 1. The average molecular weight is 941 g/mol. The van der Waals surface area contributed by atoms with Crippen LogP contribution >= 0.6 is 0 Å². The zero-order chi connectivity index (χ0) is 47.9. The van der Waals surface area contributed by atoms with E-state index >= 15 is 8.78 Å². The van der Waals surface area contributed by atoms with E-state index in [9.17, 15) is 33.6 Å². The summed E-state index contributed by atoms with van der Waals surface area (Å²) in [6, 6.07) is 8.53. The topological polar surface area (TPSA) is 216 Å². The summed E-state index contributed by atoms with van der Waals surface area (Å²) in [6.45, 7) is 2.04. The number of aromatic nitrogens is 2. The van der Waals surface area contributed by atoms with Gasteiger partial charge in [0.05, 0.1) is 49.4 Å². The summed E-state index contributed by atoms with van der Waals surface area (Å²) in [5.41, 5.74) is 2.12. The number of ether oxygens (including phenoxy) is 2. The van der Waals surface area contributed by atoms with Crippen LogP contribution in [0.25, 0.3) is 0 Å². The van der Waals surface area contributed by atoms with Gasteiger partial charge in [0.25, 0.3) is 23.6 Å². The summed E-state index contributed by atoms with van der Waals surface area (Å²) >= 11 is 0. The molecule has 6 aliphatic rings. The first-order valence-electron chi connectivity index (χ1n) is 23.2. The number of anilines is 4. The SMILES string of the molecule is COc1cc(C(=O)NC2CCN(C(=O)CC[C@H]3CN(Cc4cccc5c4C(=O)N(C4CCC(=O)NC4=O)C5=O)CCO3)CC2)ccc1Nc1ncc2c(n1)N(C1CCCC1)CC(F)(F)C(=O)N2C. The number of rotatable bonds is 12. The molecule has 5 aliphatic heterocycles. The van der Waals surface area contributed by atoms with Gasteiger partial charge in [-0.2, -0.15) is 13.8 Å². The fraction of sp³-hybridized carbons (Fsp3) is 0.511. The normalized spacial score (nSPS) is 22.5. The van der Waals surface area contributed by atoms with Crippen molar-refractivity contribution in [3.63, 3.8) is 0 Å². The molecule has 1 aromatic heterocycles. The van der Waals surface area contributed by atoms with Crippen LogP contribution < -0.4 is 30.5 Å². The molecule has 3 aromatic rings. The van der Waals surface area contributed by atoms with E-state index < -0.39 is 48.0 Å². The Balaban J connectivity index is 0.752. The molecule has 0 bridgehead atoms. The lowest BCUT2D eigenvalue weighted by Gasteiger charge is -2.35. The number of alkyl halides is 2. The number of hydrogen-bond donors (Lipinski definition) is 3. The third kappa shape index (κ3) is 9.32. The summed E-state index contributed by atoms with van der Waals surface area (Å²) in [5.74, 6) is -6.77. The molecular formula is C47H54F2N10O9. The van der Waals surface area contributed by atoms with E-state index in [1.807, 2.05) is 0 Å². The second-order valence-electron chi connectivity index (χ2n) is 18.3. The fourth-order valence-corrected chi connectivity index (χ4v) is 10.2. The fourth-order valence-electron chi connectivity index (χ4n) is 10.2. The van der Waals surface area contributed by atoms with Crippen molar-refractivity contribution >= 4 is 64.5 Å². The zero-order valence-corrected chi connectivity index (χ0v) is 37.9. The zero-order valence-electron chi connectivity index (χ0n) is 37.9. The van der Waals surface area contributed by atoms with Gasteiger partial charge < -0.3 is 34.8 Å². The van der Waals surface area contributed by atoms with Crippen LogP contribution in [0.15, 0.2) is 42.6 Å². The molecule has 3 saturated heterocycles. The third-order valence-corrected chi connectivity index (χ3v) is 13.9. The molecular weight excluding hydrogens is 887 g/mol. The van der Waals surface area contributed by atoms with Crippen molar-refractivity contribution in [1.82, 2.24) is 35.3 Å². The van der Waals surface area contributed by atoms with Crippen molar-refractivity contribution in [2.75, 3.05) is 68.6 Å². The molecule has 2 aromatic carbocycles. The van der Waals surface area contributed by atoms with Gasteiger partial charge in [-0.1, -0.05) is 25.0 Å². The van der Waals surface area contributed by atoms with Gasteiger partial charge >= 0.3 is 5.92 Å². The van der Waals surface area contributed by atoms with Crippen LogP contribution in [0.2, 0.25) is 0 Å². The molecule has 1 saturated carbocycles. The number of fused-ring (bicyclic) bond motifs is 2.